The fourth-order valence-corrected chi connectivity index (χ4v) is 2.78. The number of benzene rings is 2. The zero-order valence-electron chi connectivity index (χ0n) is 15.3. The molecule has 0 aliphatic rings. The third kappa shape index (κ3) is 5.70. The standard InChI is InChI=1S/C24H28/c1-5-12-20(19-24(2,3)4)17-18-23(21-13-8-6-9-14-21)22-15-10-7-11-16-22/h5-18H,19H2,1-4H3/b12-5+,20-17+. The average Bonchev–Trinajstić information content (AvgIpc) is 2.56. The lowest BCUT2D eigenvalue weighted by Crippen LogP contribution is -2.05. The van der Waals surface area contributed by atoms with E-state index < -0.39 is 0 Å². The van der Waals surface area contributed by atoms with Gasteiger partial charge in [0.15, 0.2) is 0 Å². The van der Waals surface area contributed by atoms with E-state index in [1.165, 1.54) is 22.3 Å². The molecule has 0 amide bonds. The van der Waals surface area contributed by atoms with E-state index in [1.54, 1.807) is 0 Å². The Labute approximate surface area is 147 Å². The monoisotopic (exact) mass is 316 g/mol. The summed E-state index contributed by atoms with van der Waals surface area (Å²) in [4.78, 5) is 0. The highest BCUT2D eigenvalue weighted by molar-refractivity contribution is 5.80. The highest BCUT2D eigenvalue weighted by atomic mass is 14.2. The van der Waals surface area contributed by atoms with Gasteiger partial charge in [-0.05, 0) is 41.0 Å². The normalized spacial score (nSPS) is 12.4. The summed E-state index contributed by atoms with van der Waals surface area (Å²) >= 11 is 0. The van der Waals surface area contributed by atoms with Gasteiger partial charge in [-0.2, -0.15) is 0 Å². The summed E-state index contributed by atoms with van der Waals surface area (Å²) in [6, 6.07) is 21.2. The van der Waals surface area contributed by atoms with Gasteiger partial charge in [0, 0.05) is 0 Å². The van der Waals surface area contributed by atoms with Crippen LogP contribution in [0.1, 0.15) is 45.2 Å². The molecule has 0 saturated carbocycles. The van der Waals surface area contributed by atoms with Crippen molar-refractivity contribution in [2.45, 2.75) is 34.1 Å². The molecule has 0 fully saturated rings. The third-order valence-electron chi connectivity index (χ3n) is 3.75. The molecule has 2 aromatic carbocycles. The van der Waals surface area contributed by atoms with Crippen molar-refractivity contribution in [2.75, 3.05) is 0 Å². The van der Waals surface area contributed by atoms with Crippen LogP contribution in [0, 0.1) is 5.41 Å². The van der Waals surface area contributed by atoms with Crippen LogP contribution in [0.5, 0.6) is 0 Å². The minimum Gasteiger partial charge on any atom is -0.0874 e. The van der Waals surface area contributed by atoms with E-state index in [-0.39, 0.29) is 5.41 Å². The lowest BCUT2D eigenvalue weighted by Gasteiger charge is -2.18. The van der Waals surface area contributed by atoms with Crippen LogP contribution >= 0.6 is 0 Å². The zero-order valence-corrected chi connectivity index (χ0v) is 15.3. The summed E-state index contributed by atoms with van der Waals surface area (Å²) in [6.07, 6.45) is 9.92. The quantitative estimate of drug-likeness (QED) is 0.518. The van der Waals surface area contributed by atoms with Gasteiger partial charge in [0.25, 0.3) is 0 Å². The van der Waals surface area contributed by atoms with Crippen molar-refractivity contribution in [1.29, 1.82) is 0 Å². The van der Waals surface area contributed by atoms with Crippen LogP contribution in [0.3, 0.4) is 0 Å². The SMILES string of the molecule is C/C=C/C(=C\C=C(c1ccccc1)c1ccccc1)CC(C)(C)C. The molecule has 0 N–H and O–H groups in total. The summed E-state index contributed by atoms with van der Waals surface area (Å²) in [7, 11) is 0. The Morgan fingerprint density at radius 1 is 0.792 bits per heavy atom. The van der Waals surface area contributed by atoms with Crippen LogP contribution in [0.25, 0.3) is 5.57 Å². The smallest absolute Gasteiger partial charge is 0.0111 e. The van der Waals surface area contributed by atoms with Gasteiger partial charge >= 0.3 is 0 Å². The molecule has 24 heavy (non-hydrogen) atoms. The van der Waals surface area contributed by atoms with Crippen molar-refractivity contribution < 1.29 is 0 Å². The molecule has 0 aliphatic heterocycles. The Hall–Kier alpha value is -2.34. The van der Waals surface area contributed by atoms with E-state index in [9.17, 15) is 0 Å². The first-order valence-electron chi connectivity index (χ1n) is 8.64. The predicted octanol–water partition coefficient (Wildman–Crippen LogP) is 7.06. The summed E-state index contributed by atoms with van der Waals surface area (Å²) in [5, 5.41) is 0. The molecule has 0 spiro atoms. The largest absolute Gasteiger partial charge is 0.0874 e. The second-order valence-corrected chi connectivity index (χ2v) is 7.29. The molecule has 0 aromatic heterocycles. The van der Waals surface area contributed by atoms with E-state index in [0.717, 1.165) is 6.42 Å². The van der Waals surface area contributed by atoms with Crippen molar-refractivity contribution in [3.63, 3.8) is 0 Å². The van der Waals surface area contributed by atoms with Crippen molar-refractivity contribution in [3.8, 4) is 0 Å². The van der Waals surface area contributed by atoms with Crippen LogP contribution in [0.15, 0.2) is 90.5 Å². The Balaban J connectivity index is 2.46. The zero-order chi connectivity index (χ0) is 17.4. The number of hydrogen-bond donors (Lipinski definition) is 0. The average molecular weight is 316 g/mol. The van der Waals surface area contributed by atoms with E-state index in [2.05, 4.69) is 113 Å². The molecule has 2 aromatic rings. The fourth-order valence-electron chi connectivity index (χ4n) is 2.78. The van der Waals surface area contributed by atoms with Gasteiger partial charge in [0.2, 0.25) is 0 Å². The summed E-state index contributed by atoms with van der Waals surface area (Å²) in [5.41, 5.74) is 5.38. The van der Waals surface area contributed by atoms with E-state index in [0.29, 0.717) is 0 Å². The molecule has 0 unspecified atom stereocenters. The van der Waals surface area contributed by atoms with Gasteiger partial charge in [-0.15, -0.1) is 0 Å². The second-order valence-electron chi connectivity index (χ2n) is 7.29. The molecular formula is C24H28. The first-order chi connectivity index (χ1) is 11.5. The number of allylic oxidation sites excluding steroid dienone is 5. The molecule has 0 radical (unpaired) electrons. The van der Waals surface area contributed by atoms with Crippen LogP contribution in [0.2, 0.25) is 0 Å². The van der Waals surface area contributed by atoms with Gasteiger partial charge in [0.1, 0.15) is 0 Å². The maximum absolute atomic E-state index is 2.28. The number of rotatable bonds is 5. The van der Waals surface area contributed by atoms with E-state index >= 15 is 0 Å². The van der Waals surface area contributed by atoms with Gasteiger partial charge in [-0.1, -0.05) is 106 Å². The van der Waals surface area contributed by atoms with Crippen molar-refractivity contribution in [3.05, 3.63) is 102 Å². The fraction of sp³-hybridized carbons (Fsp3) is 0.250. The Morgan fingerprint density at radius 2 is 1.29 bits per heavy atom. The molecule has 0 atom stereocenters. The molecule has 0 bridgehead atoms. The van der Waals surface area contributed by atoms with Gasteiger partial charge < -0.3 is 0 Å². The first kappa shape index (κ1) is 18.0. The van der Waals surface area contributed by atoms with Crippen molar-refractivity contribution in [2.24, 2.45) is 5.41 Å². The Morgan fingerprint density at radius 3 is 1.71 bits per heavy atom. The molecule has 0 heterocycles. The van der Waals surface area contributed by atoms with Gasteiger partial charge in [-0.3, -0.25) is 0 Å². The minimum atomic E-state index is 0.277. The maximum Gasteiger partial charge on any atom is -0.0111 e. The molecule has 124 valence electrons. The topological polar surface area (TPSA) is 0 Å². The molecule has 0 saturated heterocycles. The first-order valence-corrected chi connectivity index (χ1v) is 8.64. The van der Waals surface area contributed by atoms with Crippen LogP contribution < -0.4 is 0 Å². The van der Waals surface area contributed by atoms with Crippen LogP contribution in [0.4, 0.5) is 0 Å². The molecule has 0 nitrogen and oxygen atoms in total. The second kappa shape index (κ2) is 8.49. The lowest BCUT2D eigenvalue weighted by molar-refractivity contribution is 0.413. The van der Waals surface area contributed by atoms with E-state index in [4.69, 9.17) is 0 Å². The van der Waals surface area contributed by atoms with E-state index in [1.807, 2.05) is 0 Å². The highest BCUT2D eigenvalue weighted by Crippen LogP contribution is 2.27. The Kier molecular flexibility index (Phi) is 6.37. The maximum atomic E-state index is 2.28. The third-order valence-corrected chi connectivity index (χ3v) is 3.75. The Bertz CT molecular complexity index is 666. The molecule has 2 rings (SSSR count). The van der Waals surface area contributed by atoms with Crippen molar-refractivity contribution >= 4 is 5.57 Å². The highest BCUT2D eigenvalue weighted by Gasteiger charge is 2.11. The summed E-state index contributed by atoms with van der Waals surface area (Å²) in [6.45, 7) is 8.92. The summed E-state index contributed by atoms with van der Waals surface area (Å²) < 4.78 is 0. The van der Waals surface area contributed by atoms with Gasteiger partial charge in [0.05, 0.1) is 0 Å². The summed E-state index contributed by atoms with van der Waals surface area (Å²) in [5.74, 6) is 0. The number of hydrogen-bond acceptors (Lipinski definition) is 0. The molecule has 0 aliphatic carbocycles. The van der Waals surface area contributed by atoms with Crippen LogP contribution in [-0.4, -0.2) is 0 Å². The van der Waals surface area contributed by atoms with Gasteiger partial charge in [-0.25, -0.2) is 0 Å². The van der Waals surface area contributed by atoms with Crippen LogP contribution in [-0.2, 0) is 0 Å². The van der Waals surface area contributed by atoms with Crippen molar-refractivity contribution in [1.82, 2.24) is 0 Å². The predicted molar refractivity (Wildman–Crippen MR) is 107 cm³/mol. The lowest BCUT2D eigenvalue weighted by atomic mass is 9.87. The minimum absolute atomic E-state index is 0.277. The molecular weight excluding hydrogens is 288 g/mol. The molecule has 0 heteroatoms.